The highest BCUT2D eigenvalue weighted by Gasteiger charge is 2.14. The molecule has 6 aromatic carbocycles. The standard InChI is InChI=1S/C37H26O.C2H6/c1-25-16-21-33(37-36(25)34-14-8-9-15-35(34)38-37)29-19-17-28(18-20-29)32-23-30(26-10-4-2-5-11-26)22-31(24-32)27-12-6-3-7-13-27;1-2/h2-24H,1H3;1-2H3. The summed E-state index contributed by atoms with van der Waals surface area (Å²) in [6, 6.07) is 49.6. The van der Waals surface area contributed by atoms with Crippen molar-refractivity contribution in [1.29, 1.82) is 0 Å². The highest BCUT2D eigenvalue weighted by atomic mass is 16.3. The molecule has 7 rings (SSSR count). The van der Waals surface area contributed by atoms with Gasteiger partial charge in [0.2, 0.25) is 0 Å². The van der Waals surface area contributed by atoms with Crippen LogP contribution >= 0.6 is 0 Å². The largest absolute Gasteiger partial charge is 0.455 e. The number of hydrogen-bond donors (Lipinski definition) is 0. The molecule has 0 fully saturated rings. The van der Waals surface area contributed by atoms with Gasteiger partial charge in [-0.3, -0.25) is 0 Å². The average Bonchev–Trinajstić information content (AvgIpc) is 3.44. The number of benzene rings is 6. The van der Waals surface area contributed by atoms with Crippen molar-refractivity contribution in [2.75, 3.05) is 0 Å². The minimum atomic E-state index is 0.931. The lowest BCUT2D eigenvalue weighted by molar-refractivity contribution is 0.670. The first-order chi connectivity index (χ1) is 19.7. The molecule has 1 aromatic heterocycles. The zero-order chi connectivity index (χ0) is 27.5. The summed E-state index contributed by atoms with van der Waals surface area (Å²) in [4.78, 5) is 0. The summed E-state index contributed by atoms with van der Waals surface area (Å²) in [6.07, 6.45) is 0. The van der Waals surface area contributed by atoms with Crippen LogP contribution in [0, 0.1) is 6.92 Å². The summed E-state index contributed by atoms with van der Waals surface area (Å²) < 4.78 is 6.36. The van der Waals surface area contributed by atoms with Gasteiger partial charge in [0, 0.05) is 16.3 Å². The zero-order valence-electron chi connectivity index (χ0n) is 23.2. The van der Waals surface area contributed by atoms with Gasteiger partial charge in [0.1, 0.15) is 11.2 Å². The van der Waals surface area contributed by atoms with Crippen molar-refractivity contribution in [2.24, 2.45) is 0 Å². The maximum Gasteiger partial charge on any atom is 0.143 e. The molecular formula is C39H32O. The fourth-order valence-electron chi connectivity index (χ4n) is 5.45. The lowest BCUT2D eigenvalue weighted by Gasteiger charge is -2.12. The Morgan fingerprint density at radius 2 is 0.900 bits per heavy atom. The Labute approximate surface area is 236 Å². The molecule has 0 aliphatic carbocycles. The van der Waals surface area contributed by atoms with E-state index in [1.807, 2.05) is 26.0 Å². The Morgan fingerprint density at radius 1 is 0.425 bits per heavy atom. The van der Waals surface area contributed by atoms with Crippen LogP contribution in [0.25, 0.3) is 66.4 Å². The van der Waals surface area contributed by atoms with Crippen LogP contribution in [-0.4, -0.2) is 0 Å². The van der Waals surface area contributed by atoms with E-state index in [0.29, 0.717) is 0 Å². The molecule has 40 heavy (non-hydrogen) atoms. The predicted molar refractivity (Wildman–Crippen MR) is 172 cm³/mol. The molecular weight excluding hydrogens is 484 g/mol. The molecule has 0 atom stereocenters. The van der Waals surface area contributed by atoms with Gasteiger partial charge in [-0.25, -0.2) is 0 Å². The maximum atomic E-state index is 6.36. The number of hydrogen-bond acceptors (Lipinski definition) is 1. The molecule has 7 aromatic rings. The van der Waals surface area contributed by atoms with Gasteiger partial charge in [0.25, 0.3) is 0 Å². The molecule has 0 radical (unpaired) electrons. The van der Waals surface area contributed by atoms with Crippen LogP contribution < -0.4 is 0 Å². The molecule has 0 bridgehead atoms. The lowest BCUT2D eigenvalue weighted by Crippen LogP contribution is -1.87. The van der Waals surface area contributed by atoms with Gasteiger partial charge in [-0.2, -0.15) is 0 Å². The molecule has 0 N–H and O–H groups in total. The summed E-state index contributed by atoms with van der Waals surface area (Å²) in [6.45, 7) is 6.15. The van der Waals surface area contributed by atoms with E-state index in [2.05, 4.69) is 134 Å². The second-order valence-electron chi connectivity index (χ2n) is 9.84. The molecule has 0 saturated carbocycles. The van der Waals surface area contributed by atoms with E-state index < -0.39 is 0 Å². The van der Waals surface area contributed by atoms with Crippen LogP contribution in [0.5, 0.6) is 0 Å². The van der Waals surface area contributed by atoms with Crippen molar-refractivity contribution >= 4 is 21.9 Å². The van der Waals surface area contributed by atoms with Gasteiger partial charge in [0.05, 0.1) is 0 Å². The Morgan fingerprint density at radius 3 is 1.48 bits per heavy atom. The highest BCUT2D eigenvalue weighted by molar-refractivity contribution is 6.11. The van der Waals surface area contributed by atoms with E-state index in [-0.39, 0.29) is 0 Å². The monoisotopic (exact) mass is 516 g/mol. The van der Waals surface area contributed by atoms with Crippen LogP contribution in [0.4, 0.5) is 0 Å². The predicted octanol–water partition coefficient (Wildman–Crippen LogP) is 11.6. The van der Waals surface area contributed by atoms with Gasteiger partial charge in [-0.05, 0) is 75.7 Å². The van der Waals surface area contributed by atoms with Crippen LogP contribution in [0.1, 0.15) is 19.4 Å². The summed E-state index contributed by atoms with van der Waals surface area (Å²) in [7, 11) is 0. The first kappa shape index (κ1) is 25.4. The molecule has 0 aliphatic rings. The van der Waals surface area contributed by atoms with Gasteiger partial charge in [-0.1, -0.05) is 129 Å². The SMILES string of the molecule is CC.Cc1ccc(-c2ccc(-c3cc(-c4ccccc4)cc(-c4ccccc4)c3)cc2)c2oc3ccccc3c12. The van der Waals surface area contributed by atoms with Gasteiger partial charge < -0.3 is 4.42 Å². The quantitative estimate of drug-likeness (QED) is 0.227. The topological polar surface area (TPSA) is 13.1 Å². The lowest BCUT2D eigenvalue weighted by atomic mass is 9.92. The summed E-state index contributed by atoms with van der Waals surface area (Å²) >= 11 is 0. The fourth-order valence-corrected chi connectivity index (χ4v) is 5.45. The first-order valence-corrected chi connectivity index (χ1v) is 14.0. The third kappa shape index (κ3) is 4.72. The van der Waals surface area contributed by atoms with Crippen LogP contribution in [0.2, 0.25) is 0 Å². The molecule has 1 heterocycles. The number of para-hydroxylation sites is 1. The maximum absolute atomic E-state index is 6.36. The van der Waals surface area contributed by atoms with Crippen molar-refractivity contribution in [3.63, 3.8) is 0 Å². The molecule has 0 amide bonds. The first-order valence-electron chi connectivity index (χ1n) is 14.0. The normalized spacial score (nSPS) is 10.9. The highest BCUT2D eigenvalue weighted by Crippen LogP contribution is 2.39. The zero-order valence-corrected chi connectivity index (χ0v) is 23.2. The molecule has 1 nitrogen and oxygen atoms in total. The van der Waals surface area contributed by atoms with E-state index in [1.54, 1.807) is 0 Å². The summed E-state index contributed by atoms with van der Waals surface area (Å²) in [5, 5.41) is 2.37. The molecule has 0 saturated heterocycles. The van der Waals surface area contributed by atoms with E-state index in [0.717, 1.165) is 22.3 Å². The van der Waals surface area contributed by atoms with Gasteiger partial charge >= 0.3 is 0 Å². The summed E-state index contributed by atoms with van der Waals surface area (Å²) in [5.74, 6) is 0. The van der Waals surface area contributed by atoms with E-state index in [1.165, 1.54) is 49.7 Å². The minimum Gasteiger partial charge on any atom is -0.455 e. The van der Waals surface area contributed by atoms with Crippen molar-refractivity contribution in [1.82, 2.24) is 0 Å². The van der Waals surface area contributed by atoms with E-state index in [9.17, 15) is 0 Å². The Bertz CT molecular complexity index is 1840. The number of fused-ring (bicyclic) bond motifs is 3. The molecule has 0 aliphatic heterocycles. The van der Waals surface area contributed by atoms with E-state index in [4.69, 9.17) is 4.42 Å². The minimum absolute atomic E-state index is 0.931. The van der Waals surface area contributed by atoms with Crippen LogP contribution in [-0.2, 0) is 0 Å². The number of rotatable bonds is 4. The Balaban J connectivity index is 0.00000142. The summed E-state index contributed by atoms with van der Waals surface area (Å²) in [5.41, 5.74) is 12.7. The average molecular weight is 517 g/mol. The third-order valence-corrected chi connectivity index (χ3v) is 7.41. The third-order valence-electron chi connectivity index (χ3n) is 7.41. The van der Waals surface area contributed by atoms with Crippen molar-refractivity contribution in [2.45, 2.75) is 20.8 Å². The van der Waals surface area contributed by atoms with Gasteiger partial charge in [-0.15, -0.1) is 0 Å². The van der Waals surface area contributed by atoms with Crippen molar-refractivity contribution < 1.29 is 4.42 Å². The second-order valence-corrected chi connectivity index (χ2v) is 9.84. The van der Waals surface area contributed by atoms with E-state index >= 15 is 0 Å². The molecule has 0 spiro atoms. The molecule has 0 unspecified atom stereocenters. The van der Waals surface area contributed by atoms with Gasteiger partial charge in [0.15, 0.2) is 0 Å². The van der Waals surface area contributed by atoms with Crippen molar-refractivity contribution in [3.8, 4) is 44.5 Å². The number of aryl methyl sites for hydroxylation is 1. The number of furan rings is 1. The molecule has 194 valence electrons. The Kier molecular flexibility index (Phi) is 7.04. The second kappa shape index (κ2) is 11.1. The van der Waals surface area contributed by atoms with Crippen molar-refractivity contribution in [3.05, 3.63) is 145 Å². The van der Waals surface area contributed by atoms with Crippen LogP contribution in [0.15, 0.2) is 144 Å². The Hall–Kier alpha value is -4.88. The van der Waals surface area contributed by atoms with Crippen LogP contribution in [0.3, 0.4) is 0 Å². The molecule has 1 heteroatoms. The fraction of sp³-hybridized carbons (Fsp3) is 0.0769. The smallest absolute Gasteiger partial charge is 0.143 e.